The van der Waals surface area contributed by atoms with Crippen molar-refractivity contribution in [2.45, 2.75) is 43.1 Å². The van der Waals surface area contributed by atoms with Crippen molar-refractivity contribution in [2.24, 2.45) is 0 Å². The van der Waals surface area contributed by atoms with E-state index in [2.05, 4.69) is 14.7 Å². The van der Waals surface area contributed by atoms with Gasteiger partial charge in [-0.15, -0.1) is 11.3 Å². The van der Waals surface area contributed by atoms with Crippen molar-refractivity contribution in [3.8, 4) is 10.7 Å². The summed E-state index contributed by atoms with van der Waals surface area (Å²) in [6.07, 6.45) is 0. The number of hydrogen-bond acceptors (Lipinski definition) is 8. The Hall–Kier alpha value is -2.21. The topological polar surface area (TPSA) is 94.1 Å². The average molecular weight is 478 g/mol. The molecule has 0 saturated heterocycles. The number of thiophene rings is 1. The fourth-order valence-electron chi connectivity index (χ4n) is 3.32. The quantitative estimate of drug-likeness (QED) is 0.328. The van der Waals surface area contributed by atoms with E-state index in [1.165, 1.54) is 16.1 Å². The van der Waals surface area contributed by atoms with Crippen LogP contribution in [0.2, 0.25) is 0 Å². The van der Waals surface area contributed by atoms with Crippen molar-refractivity contribution < 1.29 is 12.9 Å². The van der Waals surface area contributed by atoms with Crippen LogP contribution in [-0.4, -0.2) is 45.5 Å². The highest BCUT2D eigenvalue weighted by atomic mass is 32.2. The zero-order valence-corrected chi connectivity index (χ0v) is 19.9. The Morgan fingerprint density at radius 3 is 2.65 bits per heavy atom. The molecule has 11 heteroatoms. The highest BCUT2D eigenvalue weighted by Gasteiger charge is 2.23. The summed E-state index contributed by atoms with van der Waals surface area (Å²) in [6, 6.07) is 9.04. The molecular weight excluding hydrogens is 454 g/mol. The minimum absolute atomic E-state index is 0.262. The maximum atomic E-state index is 12.9. The van der Waals surface area contributed by atoms with E-state index < -0.39 is 10.0 Å². The van der Waals surface area contributed by atoms with Crippen molar-refractivity contribution in [2.75, 3.05) is 13.1 Å². The summed E-state index contributed by atoms with van der Waals surface area (Å²) in [6.45, 7) is 7.28. The standard InChI is InChI=1S/C20H23N5O3S3/c1-4-24(5-2)31(26,27)14-9-10-16-15(12-14)21-20(25(16)6-3)30-13-18-22-19(23-28-18)17-8-7-11-29-17/h7-12H,4-6,13H2,1-3H3. The second-order valence-corrected chi connectivity index (χ2v) is 10.5. The number of hydrogen-bond donors (Lipinski definition) is 0. The Morgan fingerprint density at radius 1 is 1.16 bits per heavy atom. The molecule has 0 bridgehead atoms. The summed E-state index contributed by atoms with van der Waals surface area (Å²) in [4.78, 5) is 10.4. The molecule has 1 aromatic carbocycles. The van der Waals surface area contributed by atoms with E-state index in [-0.39, 0.29) is 4.90 Å². The fraction of sp³-hybridized carbons (Fsp3) is 0.350. The predicted octanol–water partition coefficient (Wildman–Crippen LogP) is 4.49. The molecule has 8 nitrogen and oxygen atoms in total. The summed E-state index contributed by atoms with van der Waals surface area (Å²) in [5.74, 6) is 1.58. The molecular formula is C20H23N5O3S3. The van der Waals surface area contributed by atoms with E-state index in [4.69, 9.17) is 9.51 Å². The van der Waals surface area contributed by atoms with Gasteiger partial charge >= 0.3 is 0 Å². The number of sulfonamides is 1. The number of benzene rings is 1. The lowest BCUT2D eigenvalue weighted by Gasteiger charge is -2.18. The summed E-state index contributed by atoms with van der Waals surface area (Å²) in [5.41, 5.74) is 1.55. The molecule has 0 amide bonds. The van der Waals surface area contributed by atoms with Crippen LogP contribution in [0.4, 0.5) is 0 Å². The van der Waals surface area contributed by atoms with Gasteiger partial charge in [0, 0.05) is 19.6 Å². The smallest absolute Gasteiger partial charge is 0.243 e. The lowest BCUT2D eigenvalue weighted by Crippen LogP contribution is -2.30. The molecule has 164 valence electrons. The van der Waals surface area contributed by atoms with Crippen LogP contribution in [0.25, 0.3) is 21.7 Å². The van der Waals surface area contributed by atoms with E-state index in [0.717, 1.165) is 15.6 Å². The second kappa shape index (κ2) is 9.11. The van der Waals surface area contributed by atoms with Gasteiger partial charge in [-0.2, -0.15) is 9.29 Å². The van der Waals surface area contributed by atoms with Gasteiger partial charge in [-0.25, -0.2) is 13.4 Å². The number of fused-ring (bicyclic) bond motifs is 1. The summed E-state index contributed by atoms with van der Waals surface area (Å²) < 4.78 is 34.6. The van der Waals surface area contributed by atoms with Gasteiger partial charge in [-0.3, -0.25) is 0 Å². The molecule has 0 fully saturated rings. The Balaban J connectivity index is 1.60. The van der Waals surface area contributed by atoms with Crippen molar-refractivity contribution >= 4 is 44.2 Å². The molecule has 4 aromatic rings. The molecule has 3 heterocycles. The Morgan fingerprint density at radius 2 is 1.97 bits per heavy atom. The molecule has 31 heavy (non-hydrogen) atoms. The van der Waals surface area contributed by atoms with Gasteiger partial charge in [0.05, 0.1) is 26.6 Å². The summed E-state index contributed by atoms with van der Waals surface area (Å²) >= 11 is 3.05. The van der Waals surface area contributed by atoms with E-state index in [0.29, 0.717) is 42.6 Å². The van der Waals surface area contributed by atoms with E-state index in [9.17, 15) is 8.42 Å². The normalized spacial score (nSPS) is 12.3. The summed E-state index contributed by atoms with van der Waals surface area (Å²) in [5, 5.41) is 6.79. The molecule has 0 aliphatic carbocycles. The maximum absolute atomic E-state index is 12.9. The lowest BCUT2D eigenvalue weighted by atomic mass is 10.3. The van der Waals surface area contributed by atoms with Gasteiger partial charge in [-0.05, 0) is 36.6 Å². The lowest BCUT2D eigenvalue weighted by molar-refractivity contribution is 0.391. The molecule has 0 spiro atoms. The molecule has 0 aliphatic heterocycles. The Kier molecular flexibility index (Phi) is 6.47. The third-order valence-electron chi connectivity index (χ3n) is 4.88. The fourth-order valence-corrected chi connectivity index (χ4v) is 6.37. The number of aryl methyl sites for hydroxylation is 1. The monoisotopic (exact) mass is 477 g/mol. The molecule has 0 N–H and O–H groups in total. The van der Waals surface area contributed by atoms with Gasteiger partial charge in [0.25, 0.3) is 0 Å². The third-order valence-corrected chi connectivity index (χ3v) is 8.75. The van der Waals surface area contributed by atoms with Gasteiger partial charge < -0.3 is 9.09 Å². The number of nitrogens with zero attached hydrogens (tertiary/aromatic N) is 5. The van der Waals surface area contributed by atoms with E-state index in [1.54, 1.807) is 23.5 Å². The van der Waals surface area contributed by atoms with Gasteiger partial charge in [0.2, 0.25) is 21.7 Å². The van der Waals surface area contributed by atoms with Crippen LogP contribution >= 0.6 is 23.1 Å². The first-order chi connectivity index (χ1) is 15.0. The molecule has 0 aliphatic rings. The maximum Gasteiger partial charge on any atom is 0.243 e. The Labute approximate surface area is 189 Å². The zero-order valence-electron chi connectivity index (χ0n) is 17.5. The van der Waals surface area contributed by atoms with E-state index >= 15 is 0 Å². The highest BCUT2D eigenvalue weighted by molar-refractivity contribution is 7.98. The van der Waals surface area contributed by atoms with Gasteiger partial charge in [0.15, 0.2) is 5.16 Å². The predicted molar refractivity (Wildman–Crippen MR) is 123 cm³/mol. The van der Waals surface area contributed by atoms with Crippen molar-refractivity contribution in [1.82, 2.24) is 24.0 Å². The first kappa shape index (κ1) is 22.0. The number of thioether (sulfide) groups is 1. The van der Waals surface area contributed by atoms with Crippen LogP contribution < -0.4 is 0 Å². The third kappa shape index (κ3) is 4.27. The first-order valence-electron chi connectivity index (χ1n) is 9.97. The molecule has 0 saturated carbocycles. The van der Waals surface area contributed by atoms with Crippen molar-refractivity contribution in [1.29, 1.82) is 0 Å². The minimum atomic E-state index is -3.53. The van der Waals surface area contributed by atoms with Crippen LogP contribution in [0, 0.1) is 0 Å². The highest BCUT2D eigenvalue weighted by Crippen LogP contribution is 2.29. The Bertz CT molecular complexity index is 1270. The van der Waals surface area contributed by atoms with Crippen molar-refractivity contribution in [3.63, 3.8) is 0 Å². The minimum Gasteiger partial charge on any atom is -0.338 e. The molecule has 0 unspecified atom stereocenters. The molecule has 0 atom stereocenters. The van der Waals surface area contributed by atoms with E-state index in [1.807, 2.05) is 44.4 Å². The van der Waals surface area contributed by atoms with Gasteiger partial charge in [-0.1, -0.05) is 36.8 Å². The van der Waals surface area contributed by atoms with Crippen LogP contribution in [0.1, 0.15) is 26.7 Å². The largest absolute Gasteiger partial charge is 0.338 e. The molecule has 0 radical (unpaired) electrons. The number of imidazole rings is 1. The van der Waals surface area contributed by atoms with Crippen LogP contribution in [0.3, 0.4) is 0 Å². The summed E-state index contributed by atoms with van der Waals surface area (Å²) in [7, 11) is -3.53. The number of rotatable bonds is 9. The molecule has 4 rings (SSSR count). The van der Waals surface area contributed by atoms with Crippen LogP contribution in [0.5, 0.6) is 0 Å². The average Bonchev–Trinajstić information content (AvgIpc) is 3.51. The molecule has 3 aromatic heterocycles. The first-order valence-corrected chi connectivity index (χ1v) is 13.3. The SMILES string of the molecule is CCN(CC)S(=O)(=O)c1ccc2c(c1)nc(SCc1nc(-c3cccs3)no1)n2CC. The second-order valence-electron chi connectivity index (χ2n) is 6.66. The number of aromatic nitrogens is 4. The van der Waals surface area contributed by atoms with Crippen molar-refractivity contribution in [3.05, 3.63) is 41.6 Å². The van der Waals surface area contributed by atoms with Crippen LogP contribution in [0.15, 0.2) is 50.3 Å². The van der Waals surface area contributed by atoms with Crippen LogP contribution in [-0.2, 0) is 22.3 Å². The zero-order chi connectivity index (χ0) is 22.0. The van der Waals surface area contributed by atoms with Gasteiger partial charge in [0.1, 0.15) is 0 Å².